The van der Waals surface area contributed by atoms with Gasteiger partial charge in [-0.1, -0.05) is 153 Å². The van der Waals surface area contributed by atoms with Gasteiger partial charge in [0.1, 0.15) is 17.5 Å². The quantitative estimate of drug-likeness (QED) is 0.0533. The summed E-state index contributed by atoms with van der Waals surface area (Å²) in [6.45, 7) is 6.45. The molecular formula is C87H78N12. The van der Waals surface area contributed by atoms with Gasteiger partial charge in [0.25, 0.3) is 0 Å². The summed E-state index contributed by atoms with van der Waals surface area (Å²) in [6, 6.07) is 83.5. The molecule has 2 aromatic heterocycles. The van der Waals surface area contributed by atoms with Crippen LogP contribution in [0.1, 0.15) is 86.2 Å². The fourth-order valence-corrected chi connectivity index (χ4v) is 13.6. The lowest BCUT2D eigenvalue weighted by molar-refractivity contribution is 0.928. The molecule has 3 aliphatic carbocycles. The lowest BCUT2D eigenvalue weighted by Crippen LogP contribution is -2.19. The number of amidine groups is 3. The van der Waals surface area contributed by atoms with Gasteiger partial charge in [0.2, 0.25) is 0 Å². The molecule has 12 heteroatoms. The van der Waals surface area contributed by atoms with Crippen molar-refractivity contribution in [2.24, 2.45) is 15.0 Å². The molecule has 4 aliphatic heterocycles. The van der Waals surface area contributed by atoms with Gasteiger partial charge in [-0.05, 0) is 213 Å². The van der Waals surface area contributed by atoms with E-state index in [2.05, 4.69) is 287 Å². The third-order valence-electron chi connectivity index (χ3n) is 18.7. The molecule has 12 nitrogen and oxygen atoms in total. The van der Waals surface area contributed by atoms with Crippen molar-refractivity contribution in [3.63, 3.8) is 0 Å². The Morgan fingerprint density at radius 3 is 0.889 bits per heavy atom. The van der Waals surface area contributed by atoms with Gasteiger partial charge in [-0.15, -0.1) is 0 Å². The molecule has 7 aliphatic rings. The zero-order valence-corrected chi connectivity index (χ0v) is 54.5. The van der Waals surface area contributed by atoms with E-state index in [1.807, 2.05) is 48.8 Å². The van der Waals surface area contributed by atoms with E-state index in [1.54, 1.807) is 0 Å². The summed E-state index contributed by atoms with van der Waals surface area (Å²) in [5, 5.41) is 24.0. The fraction of sp³-hybridized carbons (Fsp3) is 0.138. The molecule has 486 valence electrons. The molecule has 0 saturated heterocycles. The third-order valence-corrected chi connectivity index (χ3v) is 18.7. The van der Waals surface area contributed by atoms with Crippen LogP contribution in [0.3, 0.4) is 0 Å². The van der Waals surface area contributed by atoms with Crippen molar-refractivity contribution >= 4 is 92.3 Å². The highest BCUT2D eigenvalue weighted by molar-refractivity contribution is 6.03. The van der Waals surface area contributed by atoms with E-state index in [0.717, 1.165) is 146 Å². The number of benzene rings is 9. The van der Waals surface area contributed by atoms with Gasteiger partial charge in [-0.3, -0.25) is 24.9 Å². The largest absolute Gasteiger partial charge is 0.385 e. The second-order valence-electron chi connectivity index (χ2n) is 25.4. The molecule has 0 unspecified atom stereocenters. The van der Waals surface area contributed by atoms with E-state index in [9.17, 15) is 0 Å². The van der Waals surface area contributed by atoms with Crippen molar-refractivity contribution in [1.82, 2.24) is 31.2 Å². The number of aliphatic imine (C=N–C) groups is 3. The van der Waals surface area contributed by atoms with Crippen molar-refractivity contribution in [3.8, 4) is 22.5 Å². The molecule has 0 amide bonds. The molecule has 0 bridgehead atoms. The second kappa shape index (κ2) is 29.1. The normalized spacial score (nSPS) is 14.9. The summed E-state index contributed by atoms with van der Waals surface area (Å²) in [6.07, 6.45) is 16.8. The molecule has 99 heavy (non-hydrogen) atoms. The summed E-state index contributed by atoms with van der Waals surface area (Å²) in [5.41, 5.74) is 32.7. The van der Waals surface area contributed by atoms with E-state index < -0.39 is 0 Å². The molecule has 7 N–H and O–H groups in total. The number of rotatable bonds is 15. The summed E-state index contributed by atoms with van der Waals surface area (Å²) in [4.78, 5) is 22.5. The summed E-state index contributed by atoms with van der Waals surface area (Å²) < 4.78 is 0. The minimum absolute atomic E-state index is 0. The number of aromatic nitrogens is 2. The fourth-order valence-electron chi connectivity index (χ4n) is 13.6. The van der Waals surface area contributed by atoms with Gasteiger partial charge in [-0.2, -0.15) is 0 Å². The van der Waals surface area contributed by atoms with Gasteiger partial charge in [0.15, 0.2) is 0 Å². The highest BCUT2D eigenvalue weighted by Crippen LogP contribution is 2.37. The number of nitrogens with one attached hydrogen (secondary N) is 7. The maximum Gasteiger partial charge on any atom is 0.128 e. The van der Waals surface area contributed by atoms with Crippen molar-refractivity contribution in [2.45, 2.75) is 33.1 Å². The van der Waals surface area contributed by atoms with E-state index in [-0.39, 0.29) is 7.43 Å². The predicted molar refractivity (Wildman–Crippen MR) is 415 cm³/mol. The van der Waals surface area contributed by atoms with Crippen molar-refractivity contribution in [1.29, 1.82) is 0 Å². The lowest BCUT2D eigenvalue weighted by atomic mass is 10.0. The average molecular weight is 1290 g/mol. The minimum atomic E-state index is 0. The van der Waals surface area contributed by atoms with Crippen molar-refractivity contribution in [2.75, 3.05) is 61.8 Å². The van der Waals surface area contributed by atoms with Gasteiger partial charge >= 0.3 is 0 Å². The highest BCUT2D eigenvalue weighted by Gasteiger charge is 2.21. The third kappa shape index (κ3) is 14.7. The Bertz CT molecular complexity index is 4740. The van der Waals surface area contributed by atoms with Crippen LogP contribution in [0.15, 0.2) is 270 Å². The van der Waals surface area contributed by atoms with Gasteiger partial charge < -0.3 is 37.2 Å². The molecule has 0 fully saturated rings. The Hall–Kier alpha value is -12.2. The van der Waals surface area contributed by atoms with Crippen molar-refractivity contribution in [3.05, 3.63) is 327 Å². The number of allylic oxidation sites excluding steroid dienone is 3. The van der Waals surface area contributed by atoms with Crippen LogP contribution >= 0.6 is 0 Å². The summed E-state index contributed by atoms with van der Waals surface area (Å²) >= 11 is 0. The van der Waals surface area contributed by atoms with Gasteiger partial charge in [0.05, 0.1) is 31.0 Å². The lowest BCUT2D eigenvalue weighted by Gasteiger charge is -2.10. The molecule has 9 aromatic carbocycles. The Morgan fingerprint density at radius 2 is 0.606 bits per heavy atom. The maximum absolute atomic E-state index is 4.55. The molecule has 0 spiro atoms. The molecule has 0 atom stereocenters. The Labute approximate surface area is 580 Å². The SMILES string of the molecule is C.C1=C(c2ccc(Nc3ccc(-c4ccccn4)cc3)cc2)Cc2cc(C3=NCCN3)ccc21.C1=C(c2ccc(Nc3ccc(-c4ccccn4)cc3)cc2)Cc2cc(C3=NCCN3)ccc21.C1=C(c2ccc(Nc3ccc(C4=CCCN4)cc3)cc2)Cc2cc(C3=NCCN3)ccc21. The minimum Gasteiger partial charge on any atom is -0.385 e. The smallest absolute Gasteiger partial charge is 0.128 e. The van der Waals surface area contributed by atoms with Crippen LogP contribution < -0.4 is 37.2 Å². The van der Waals surface area contributed by atoms with Crippen LogP contribution in [-0.4, -0.2) is 73.3 Å². The molecule has 0 radical (unpaired) electrons. The monoisotopic (exact) mass is 1290 g/mol. The van der Waals surface area contributed by atoms with Gasteiger partial charge in [-0.25, -0.2) is 0 Å². The van der Waals surface area contributed by atoms with E-state index in [1.165, 1.54) is 94.7 Å². The first-order valence-electron chi connectivity index (χ1n) is 34.0. The number of fused-ring (bicyclic) bond motifs is 3. The second-order valence-corrected chi connectivity index (χ2v) is 25.4. The standard InChI is InChI=1S/2C29H24N4.C28H26N4.CH4/c2*1-2-14-30-28(3-1)21-8-12-27(13-9-21)33-26-10-6-20(7-11-26)24-17-22-4-5-23(18-25(22)19-24)29-31-15-16-32-29;1-2-27(29-13-1)20-7-11-26(12-8-20)32-25-9-5-19(6-10-25)23-16-21-3-4-22(17-24(21)18-23)28-30-14-15-31-28;/h2*1-14,17-18,33H,15-16,19H2,(H,31,32);2-12,16-17,29,32H,1,13-15,18H2,(H,30,31);1H4. The first kappa shape index (κ1) is 62.9. The van der Waals surface area contributed by atoms with E-state index in [4.69, 9.17) is 0 Å². The molecular weight excluding hydrogens is 1210 g/mol. The topological polar surface area (TPSA) is 147 Å². The number of pyridine rings is 2. The molecule has 11 aromatic rings. The number of nitrogens with zero attached hydrogens (tertiary/aromatic N) is 5. The zero-order chi connectivity index (χ0) is 65.4. The highest BCUT2D eigenvalue weighted by atomic mass is 15.1. The maximum atomic E-state index is 4.55. The predicted octanol–water partition coefficient (Wildman–Crippen LogP) is 17.7. The number of anilines is 6. The van der Waals surface area contributed by atoms with Crippen LogP contribution in [0.4, 0.5) is 34.1 Å². The average Bonchev–Trinajstić information content (AvgIpc) is 1.74. The van der Waals surface area contributed by atoms with Gasteiger partial charge in [0, 0.05) is 106 Å². The van der Waals surface area contributed by atoms with Crippen molar-refractivity contribution < 1.29 is 0 Å². The van der Waals surface area contributed by atoms with Crippen LogP contribution in [0.5, 0.6) is 0 Å². The Balaban J connectivity index is 0.000000120. The zero-order valence-electron chi connectivity index (χ0n) is 54.5. The molecule has 18 rings (SSSR count). The van der Waals surface area contributed by atoms with E-state index in [0.29, 0.717) is 0 Å². The number of hydrogen-bond acceptors (Lipinski definition) is 12. The van der Waals surface area contributed by atoms with Crippen LogP contribution in [0.2, 0.25) is 0 Å². The molecule has 0 saturated carbocycles. The van der Waals surface area contributed by atoms with Crippen LogP contribution in [0, 0.1) is 0 Å². The first-order chi connectivity index (χ1) is 48.4. The first-order valence-corrected chi connectivity index (χ1v) is 34.0. The Morgan fingerprint density at radius 1 is 0.293 bits per heavy atom. The van der Waals surface area contributed by atoms with E-state index >= 15 is 0 Å². The molecule has 6 heterocycles. The van der Waals surface area contributed by atoms with Crippen LogP contribution in [-0.2, 0) is 19.3 Å². The van der Waals surface area contributed by atoms with Crippen LogP contribution in [0.25, 0.3) is 63.2 Å². The number of hydrogen-bond donors (Lipinski definition) is 7. The summed E-state index contributed by atoms with van der Waals surface area (Å²) in [7, 11) is 0. The summed E-state index contributed by atoms with van der Waals surface area (Å²) in [5.74, 6) is 3.07. The Kier molecular flexibility index (Phi) is 18.5.